The number of Topliss-reactive ketones (excluding diaryl/α,β-unsaturated/α-hetero) is 1. The van der Waals surface area contributed by atoms with Gasteiger partial charge in [0.1, 0.15) is 6.04 Å². The van der Waals surface area contributed by atoms with Crippen LogP contribution in [-0.4, -0.2) is 42.8 Å². The van der Waals surface area contributed by atoms with Crippen LogP contribution in [0.2, 0.25) is 0 Å². The van der Waals surface area contributed by atoms with Crippen LogP contribution in [-0.2, 0) is 4.79 Å². The zero-order valence-corrected chi connectivity index (χ0v) is 15.6. The average Bonchev–Trinajstić information content (AvgIpc) is 3.23. The van der Waals surface area contributed by atoms with Gasteiger partial charge in [-0.15, -0.1) is 0 Å². The number of benzene rings is 1. The molecule has 27 heavy (non-hydrogen) atoms. The minimum Gasteiger partial charge on any atom is -0.330 e. The van der Waals surface area contributed by atoms with Crippen molar-refractivity contribution in [1.29, 1.82) is 0 Å². The van der Waals surface area contributed by atoms with Crippen molar-refractivity contribution in [3.05, 3.63) is 40.6 Å². The Morgan fingerprint density at radius 1 is 1.33 bits per heavy atom. The molecule has 1 aromatic carbocycles. The van der Waals surface area contributed by atoms with Gasteiger partial charge in [0.25, 0.3) is 0 Å². The molecule has 0 radical (unpaired) electrons. The van der Waals surface area contributed by atoms with Gasteiger partial charge in [-0.3, -0.25) is 14.5 Å². The Hall–Kier alpha value is -2.38. The number of nitrogens with two attached hydrogens (primary N) is 1. The predicted molar refractivity (Wildman–Crippen MR) is 103 cm³/mol. The lowest BCUT2D eigenvalue weighted by Crippen LogP contribution is -2.40. The molecule has 1 aromatic rings. The molecule has 0 bridgehead atoms. The molecule has 1 fully saturated rings. The number of hydrogen-bond donors (Lipinski definition) is 2. The molecule has 142 valence electrons. The Balaban J connectivity index is 1.49. The molecule has 1 unspecified atom stereocenters. The van der Waals surface area contributed by atoms with Crippen LogP contribution < -0.4 is 11.1 Å². The Bertz CT molecular complexity index is 837. The van der Waals surface area contributed by atoms with Gasteiger partial charge in [-0.05, 0) is 56.4 Å². The molecule has 1 aliphatic carbocycles. The Morgan fingerprint density at radius 2 is 2.11 bits per heavy atom. The Kier molecular flexibility index (Phi) is 4.88. The second-order valence-electron chi connectivity index (χ2n) is 7.43. The first-order valence-corrected chi connectivity index (χ1v) is 9.66. The van der Waals surface area contributed by atoms with E-state index in [1.165, 1.54) is 0 Å². The van der Waals surface area contributed by atoms with E-state index in [2.05, 4.69) is 20.4 Å². The van der Waals surface area contributed by atoms with Gasteiger partial charge in [0, 0.05) is 0 Å². The molecule has 7 heteroatoms. The third kappa shape index (κ3) is 3.21. The molecule has 1 saturated heterocycles. The van der Waals surface area contributed by atoms with Gasteiger partial charge in [0.15, 0.2) is 5.78 Å². The molecule has 2 aliphatic heterocycles. The average molecular weight is 367 g/mol. The fraction of sp³-hybridized carbons (Fsp3) is 0.500. The standard InChI is InChI=1S/C20H25N5O2/c1-2-14-18-19(24-23-14)13-4-3-5-15(17(13)20(18)27)22-16(26)11-25-8-6-12(10-21)7-9-25/h3-5,12,19H,2,6-11,21H2,1H3,(H,22,26). The number of nitrogens with one attached hydrogen (secondary N) is 1. The monoisotopic (exact) mass is 367 g/mol. The minimum absolute atomic E-state index is 0.0588. The molecule has 3 aliphatic rings. The van der Waals surface area contributed by atoms with Crippen molar-refractivity contribution < 1.29 is 9.59 Å². The van der Waals surface area contributed by atoms with Crippen molar-refractivity contribution in [2.24, 2.45) is 21.9 Å². The number of allylic oxidation sites excluding steroid dienone is 1. The molecular weight excluding hydrogens is 342 g/mol. The van der Waals surface area contributed by atoms with E-state index in [1.807, 2.05) is 19.1 Å². The normalized spacial score (nSPS) is 22.3. The summed E-state index contributed by atoms with van der Waals surface area (Å²) in [6, 6.07) is 5.24. The maximum atomic E-state index is 13.0. The second-order valence-corrected chi connectivity index (χ2v) is 7.43. The predicted octanol–water partition coefficient (Wildman–Crippen LogP) is 2.66. The van der Waals surface area contributed by atoms with Crippen molar-refractivity contribution in [2.75, 3.05) is 31.5 Å². The number of anilines is 1. The number of likely N-dealkylation sites (tertiary alicyclic amines) is 1. The van der Waals surface area contributed by atoms with E-state index in [0.29, 0.717) is 42.3 Å². The summed E-state index contributed by atoms with van der Waals surface area (Å²) in [6.45, 7) is 4.79. The van der Waals surface area contributed by atoms with Crippen molar-refractivity contribution in [2.45, 2.75) is 32.2 Å². The van der Waals surface area contributed by atoms with Crippen LogP contribution in [0.5, 0.6) is 0 Å². The first kappa shape index (κ1) is 18.0. The van der Waals surface area contributed by atoms with Crippen LogP contribution in [0.4, 0.5) is 5.69 Å². The molecular formula is C20H25N5O2. The van der Waals surface area contributed by atoms with Gasteiger partial charge < -0.3 is 11.1 Å². The third-order valence-electron chi connectivity index (χ3n) is 5.76. The molecule has 0 aromatic heterocycles. The molecule has 0 spiro atoms. The summed E-state index contributed by atoms with van der Waals surface area (Å²) >= 11 is 0. The highest BCUT2D eigenvalue weighted by Gasteiger charge is 2.41. The highest BCUT2D eigenvalue weighted by Crippen LogP contribution is 2.47. The number of rotatable bonds is 5. The van der Waals surface area contributed by atoms with Crippen LogP contribution in [0.25, 0.3) is 0 Å². The van der Waals surface area contributed by atoms with Gasteiger partial charge >= 0.3 is 0 Å². The minimum atomic E-state index is -0.311. The zero-order chi connectivity index (χ0) is 19.0. The highest BCUT2D eigenvalue weighted by atomic mass is 16.2. The number of ketones is 1. The van der Waals surface area contributed by atoms with Gasteiger partial charge in [0.2, 0.25) is 5.91 Å². The summed E-state index contributed by atoms with van der Waals surface area (Å²) in [7, 11) is 0. The van der Waals surface area contributed by atoms with E-state index < -0.39 is 0 Å². The van der Waals surface area contributed by atoms with E-state index in [0.717, 1.165) is 37.2 Å². The highest BCUT2D eigenvalue weighted by molar-refractivity contribution is 6.19. The van der Waals surface area contributed by atoms with Crippen LogP contribution in [0, 0.1) is 5.92 Å². The zero-order valence-electron chi connectivity index (χ0n) is 15.6. The molecule has 2 heterocycles. The fourth-order valence-corrected chi connectivity index (χ4v) is 4.19. The number of fused-ring (bicyclic) bond motifs is 3. The van der Waals surface area contributed by atoms with Gasteiger partial charge in [-0.2, -0.15) is 10.2 Å². The number of nitrogens with zero attached hydrogens (tertiary/aromatic N) is 3. The van der Waals surface area contributed by atoms with Crippen LogP contribution in [0.1, 0.15) is 48.1 Å². The van der Waals surface area contributed by atoms with Crippen molar-refractivity contribution in [1.82, 2.24) is 4.90 Å². The van der Waals surface area contributed by atoms with E-state index in [4.69, 9.17) is 5.73 Å². The smallest absolute Gasteiger partial charge is 0.238 e. The topological polar surface area (TPSA) is 100 Å². The van der Waals surface area contributed by atoms with Gasteiger partial charge in [0.05, 0.1) is 29.1 Å². The van der Waals surface area contributed by atoms with E-state index in [9.17, 15) is 9.59 Å². The maximum Gasteiger partial charge on any atom is 0.238 e. The maximum absolute atomic E-state index is 13.0. The van der Waals surface area contributed by atoms with Crippen LogP contribution in [0.3, 0.4) is 0 Å². The first-order chi connectivity index (χ1) is 13.1. The van der Waals surface area contributed by atoms with E-state index in [-0.39, 0.29) is 17.7 Å². The van der Waals surface area contributed by atoms with Crippen LogP contribution in [0.15, 0.2) is 39.7 Å². The fourth-order valence-electron chi connectivity index (χ4n) is 4.19. The van der Waals surface area contributed by atoms with Crippen molar-refractivity contribution in [3.8, 4) is 0 Å². The molecule has 4 rings (SSSR count). The van der Waals surface area contributed by atoms with Gasteiger partial charge in [-0.25, -0.2) is 0 Å². The SMILES string of the molecule is CCC1=C2C(=O)c3c(NC(=O)CN4CCC(CN)CC4)cccc3C2N=N1. The number of piperidine rings is 1. The quantitative estimate of drug-likeness (QED) is 0.835. The number of carbonyl (C=O) groups is 2. The molecule has 7 nitrogen and oxygen atoms in total. The summed E-state index contributed by atoms with van der Waals surface area (Å²) in [5.74, 6) is 0.413. The van der Waals surface area contributed by atoms with Crippen LogP contribution >= 0.6 is 0 Å². The number of azo groups is 1. The number of carbonyl (C=O) groups excluding carboxylic acids is 2. The van der Waals surface area contributed by atoms with Crippen molar-refractivity contribution in [3.63, 3.8) is 0 Å². The summed E-state index contributed by atoms with van der Waals surface area (Å²) in [5.41, 5.74) is 9.12. The van der Waals surface area contributed by atoms with E-state index >= 15 is 0 Å². The lowest BCUT2D eigenvalue weighted by Gasteiger charge is -2.30. The lowest BCUT2D eigenvalue weighted by molar-refractivity contribution is -0.117. The summed E-state index contributed by atoms with van der Waals surface area (Å²) in [4.78, 5) is 27.7. The Morgan fingerprint density at radius 3 is 2.81 bits per heavy atom. The summed E-state index contributed by atoms with van der Waals surface area (Å²) in [5, 5.41) is 11.4. The molecule has 0 saturated carbocycles. The number of amides is 1. The lowest BCUT2D eigenvalue weighted by atomic mass is 9.97. The number of hydrogen-bond acceptors (Lipinski definition) is 6. The summed E-state index contributed by atoms with van der Waals surface area (Å²) in [6.07, 6.45) is 2.74. The summed E-state index contributed by atoms with van der Waals surface area (Å²) < 4.78 is 0. The Labute approximate surface area is 158 Å². The third-order valence-corrected chi connectivity index (χ3v) is 5.76. The van der Waals surface area contributed by atoms with Gasteiger partial charge in [-0.1, -0.05) is 19.1 Å². The molecule has 3 N–H and O–H groups in total. The second kappa shape index (κ2) is 7.32. The molecule has 1 amide bonds. The van der Waals surface area contributed by atoms with Crippen molar-refractivity contribution >= 4 is 17.4 Å². The largest absolute Gasteiger partial charge is 0.330 e. The van der Waals surface area contributed by atoms with E-state index in [1.54, 1.807) is 6.07 Å². The first-order valence-electron chi connectivity index (χ1n) is 9.66. The molecule has 1 atom stereocenters.